The van der Waals surface area contributed by atoms with Crippen molar-refractivity contribution in [3.63, 3.8) is 0 Å². The molecule has 0 radical (unpaired) electrons. The summed E-state index contributed by atoms with van der Waals surface area (Å²) in [6, 6.07) is 0. The Morgan fingerprint density at radius 3 is 2.36 bits per heavy atom. The molecule has 6 nitrogen and oxygen atoms in total. The average Bonchev–Trinajstić information content (AvgIpc) is 2.92. The molecule has 9 heteroatoms. The monoisotopic (exact) mass is 316 g/mol. The number of aryl methyl sites for hydroxylation is 3. The second-order valence-electron chi connectivity index (χ2n) is 4.94. The summed E-state index contributed by atoms with van der Waals surface area (Å²) in [5.74, 6) is -1.09. The number of rotatable bonds is 3. The molecule has 2 heterocycles. The van der Waals surface area contributed by atoms with E-state index in [1.165, 1.54) is 36.5 Å². The minimum absolute atomic E-state index is 0.0454. The van der Waals surface area contributed by atoms with E-state index in [0.29, 0.717) is 5.69 Å². The lowest BCUT2D eigenvalue weighted by atomic mass is 10.1. The summed E-state index contributed by atoms with van der Waals surface area (Å²) in [5, 5.41) is 7.68. The number of carbonyl (C=O) groups excluding carboxylic acids is 1. The first-order valence-electron chi connectivity index (χ1n) is 6.37. The highest BCUT2D eigenvalue weighted by Crippen LogP contribution is 2.39. The summed E-state index contributed by atoms with van der Waals surface area (Å²) >= 11 is 0. The second kappa shape index (κ2) is 5.47. The number of ether oxygens (including phenoxy) is 1. The van der Waals surface area contributed by atoms with Crippen LogP contribution in [0.1, 0.15) is 33.4 Å². The molecule has 0 amide bonds. The Kier molecular flexibility index (Phi) is 3.99. The molecule has 0 saturated heterocycles. The highest BCUT2D eigenvalue weighted by atomic mass is 19.4. The Bertz CT molecular complexity index is 703. The number of nitrogens with zero attached hydrogens (tertiary/aromatic N) is 4. The van der Waals surface area contributed by atoms with Gasteiger partial charge in [-0.3, -0.25) is 9.36 Å². The van der Waals surface area contributed by atoms with Gasteiger partial charge in [-0.1, -0.05) is 0 Å². The van der Waals surface area contributed by atoms with Gasteiger partial charge in [-0.25, -0.2) is 4.79 Å². The Hall–Kier alpha value is -2.32. The van der Waals surface area contributed by atoms with E-state index in [9.17, 15) is 18.0 Å². The van der Waals surface area contributed by atoms with Crippen molar-refractivity contribution in [3.8, 4) is 0 Å². The molecule has 0 aliphatic rings. The molecule has 0 bridgehead atoms. The van der Waals surface area contributed by atoms with E-state index in [2.05, 4.69) is 10.2 Å². The molecular formula is C13H15F3N4O2. The molecule has 0 saturated carbocycles. The third-order valence-electron chi connectivity index (χ3n) is 3.29. The summed E-state index contributed by atoms with van der Waals surface area (Å²) in [5.41, 5.74) is 0.267. The van der Waals surface area contributed by atoms with Gasteiger partial charge in [0.15, 0.2) is 0 Å². The predicted molar refractivity (Wildman–Crippen MR) is 70.1 cm³/mol. The van der Waals surface area contributed by atoms with Crippen LogP contribution in [0.25, 0.3) is 0 Å². The number of carbonyl (C=O) groups is 1. The molecule has 0 aliphatic carbocycles. The van der Waals surface area contributed by atoms with E-state index in [4.69, 9.17) is 4.74 Å². The number of aromatic nitrogens is 4. The third-order valence-corrected chi connectivity index (χ3v) is 3.29. The zero-order valence-corrected chi connectivity index (χ0v) is 12.5. The van der Waals surface area contributed by atoms with Crippen molar-refractivity contribution in [1.82, 2.24) is 19.6 Å². The molecule has 2 rings (SSSR count). The first-order chi connectivity index (χ1) is 10.1. The molecule has 2 aromatic rings. The topological polar surface area (TPSA) is 61.9 Å². The van der Waals surface area contributed by atoms with E-state index in [-0.39, 0.29) is 16.8 Å². The SMILES string of the molecule is Cc1nn(C)c(C)c1[C@H](OC(=O)c1cnn(C)c1)C(F)(F)F. The van der Waals surface area contributed by atoms with E-state index in [0.717, 1.165) is 6.20 Å². The van der Waals surface area contributed by atoms with Gasteiger partial charge in [-0.15, -0.1) is 0 Å². The molecule has 1 atom stereocenters. The fourth-order valence-electron chi connectivity index (χ4n) is 2.16. The maximum Gasteiger partial charge on any atom is 0.430 e. The fourth-order valence-corrected chi connectivity index (χ4v) is 2.16. The highest BCUT2D eigenvalue weighted by molar-refractivity contribution is 5.89. The van der Waals surface area contributed by atoms with Crippen molar-refractivity contribution in [1.29, 1.82) is 0 Å². The molecule has 0 aromatic carbocycles. The molecule has 22 heavy (non-hydrogen) atoms. The largest absolute Gasteiger partial charge is 0.444 e. The quantitative estimate of drug-likeness (QED) is 0.815. The van der Waals surface area contributed by atoms with Gasteiger partial charge in [0, 0.05) is 31.5 Å². The molecule has 0 N–H and O–H groups in total. The summed E-state index contributed by atoms with van der Waals surface area (Å²) in [4.78, 5) is 11.9. The Labute approximate surface area is 124 Å². The van der Waals surface area contributed by atoms with Gasteiger partial charge in [0.25, 0.3) is 0 Å². The Balaban J connectivity index is 2.38. The predicted octanol–water partition coefficient (Wildman–Crippen LogP) is 2.23. The molecular weight excluding hydrogens is 301 g/mol. The molecule has 120 valence electrons. The van der Waals surface area contributed by atoms with Gasteiger partial charge in [-0.05, 0) is 13.8 Å². The summed E-state index contributed by atoms with van der Waals surface area (Å²) < 4.78 is 47.3. The van der Waals surface area contributed by atoms with Crippen molar-refractivity contribution in [3.05, 3.63) is 34.9 Å². The van der Waals surface area contributed by atoms with Gasteiger partial charge in [0.05, 0.1) is 17.5 Å². The lowest BCUT2D eigenvalue weighted by Gasteiger charge is -2.21. The zero-order valence-electron chi connectivity index (χ0n) is 12.5. The van der Waals surface area contributed by atoms with Crippen molar-refractivity contribution < 1.29 is 22.7 Å². The van der Waals surface area contributed by atoms with Crippen LogP contribution in [-0.2, 0) is 18.8 Å². The fraction of sp³-hybridized carbons (Fsp3) is 0.462. The maximum atomic E-state index is 13.3. The summed E-state index contributed by atoms with van der Waals surface area (Å²) in [7, 11) is 3.08. The van der Waals surface area contributed by atoms with Crippen LogP contribution >= 0.6 is 0 Å². The number of halogens is 3. The molecule has 2 aromatic heterocycles. The summed E-state index contributed by atoms with van der Waals surface area (Å²) in [6.45, 7) is 2.94. The van der Waals surface area contributed by atoms with Gasteiger partial charge in [-0.2, -0.15) is 23.4 Å². The highest BCUT2D eigenvalue weighted by Gasteiger charge is 2.46. The van der Waals surface area contributed by atoms with Crippen LogP contribution in [-0.4, -0.2) is 31.7 Å². The number of hydrogen-bond acceptors (Lipinski definition) is 4. The van der Waals surface area contributed by atoms with E-state index in [1.54, 1.807) is 7.05 Å². The second-order valence-corrected chi connectivity index (χ2v) is 4.94. The first-order valence-corrected chi connectivity index (χ1v) is 6.37. The third kappa shape index (κ3) is 2.97. The first kappa shape index (κ1) is 16.1. The van der Waals surface area contributed by atoms with Crippen LogP contribution in [0.3, 0.4) is 0 Å². The van der Waals surface area contributed by atoms with Crippen molar-refractivity contribution >= 4 is 5.97 Å². The standard InChI is InChI=1S/C13H15F3N4O2/c1-7-10(8(2)20(4)18-7)11(13(14,15)16)22-12(21)9-5-17-19(3)6-9/h5-6,11H,1-4H3/t11-/m0/s1. The summed E-state index contributed by atoms with van der Waals surface area (Å²) in [6.07, 6.45) is -4.66. The maximum absolute atomic E-state index is 13.3. The Morgan fingerprint density at radius 2 is 1.95 bits per heavy atom. The molecule has 0 fully saturated rings. The van der Waals surface area contributed by atoms with Crippen molar-refractivity contribution in [2.45, 2.75) is 26.1 Å². The van der Waals surface area contributed by atoms with E-state index < -0.39 is 18.2 Å². The number of alkyl halides is 3. The van der Waals surface area contributed by atoms with E-state index >= 15 is 0 Å². The smallest absolute Gasteiger partial charge is 0.430 e. The minimum atomic E-state index is -4.74. The Morgan fingerprint density at radius 1 is 1.32 bits per heavy atom. The average molecular weight is 316 g/mol. The van der Waals surface area contributed by atoms with Crippen LogP contribution in [0.15, 0.2) is 12.4 Å². The number of hydrogen-bond donors (Lipinski definition) is 0. The van der Waals surface area contributed by atoms with Crippen LogP contribution in [0.4, 0.5) is 13.2 Å². The molecule has 0 aliphatic heterocycles. The molecule has 0 unspecified atom stereocenters. The minimum Gasteiger partial charge on any atom is -0.444 e. The van der Waals surface area contributed by atoms with Crippen molar-refractivity contribution in [2.24, 2.45) is 14.1 Å². The van der Waals surface area contributed by atoms with Crippen LogP contribution in [0, 0.1) is 13.8 Å². The van der Waals surface area contributed by atoms with Gasteiger partial charge in [0.2, 0.25) is 6.10 Å². The number of esters is 1. The van der Waals surface area contributed by atoms with Gasteiger partial charge >= 0.3 is 12.1 Å². The lowest BCUT2D eigenvalue weighted by molar-refractivity contribution is -0.207. The van der Waals surface area contributed by atoms with Crippen LogP contribution in [0.2, 0.25) is 0 Å². The van der Waals surface area contributed by atoms with Crippen LogP contribution in [0.5, 0.6) is 0 Å². The van der Waals surface area contributed by atoms with Crippen molar-refractivity contribution in [2.75, 3.05) is 0 Å². The molecule has 0 spiro atoms. The normalized spacial score (nSPS) is 13.2. The van der Waals surface area contributed by atoms with Gasteiger partial charge < -0.3 is 4.74 Å². The van der Waals surface area contributed by atoms with Crippen LogP contribution < -0.4 is 0 Å². The van der Waals surface area contributed by atoms with Gasteiger partial charge in [0.1, 0.15) is 0 Å². The van der Waals surface area contributed by atoms with E-state index in [1.807, 2.05) is 0 Å². The lowest BCUT2D eigenvalue weighted by Crippen LogP contribution is -2.27. The zero-order chi connectivity index (χ0) is 16.7.